The van der Waals surface area contributed by atoms with Crippen LogP contribution in [0.2, 0.25) is 0 Å². The number of aliphatic hydroxyl groups is 1. The minimum Gasteiger partial charge on any atom is -0.504 e. The van der Waals surface area contributed by atoms with Crippen LogP contribution < -0.4 is 28.4 Å². The average Bonchev–Trinajstić information content (AvgIpc) is 0.732. The molecule has 0 spiro atoms. The Morgan fingerprint density at radius 3 is 0.752 bits per heavy atom. The molecular formula is C101H136O32. The SMILES string of the molecule is O=C(O)CCCCCCCCCCCCCCOC1CCc2c(c3c(c4c2O[C@H](c2cc(O)c(O)c(O)c2)[C@H](OC(=O)c2cc(O)c(O)c(O)c2)C4)OC(O)CC3)O1.O=C(O)CCCCCCCCCCCCCCOC1CCc2c(c3c(c4c2O[C@H](c2cc(O)c(O)c(O)c2)[C@H](OC(=O)c2cc(O)c(O)c(O)c2)C4)OC(OCCCCCCCCCCCCCCC(=O)O)CC3)O1. The summed E-state index contributed by atoms with van der Waals surface area (Å²) in [6.07, 6.45) is 36.3. The van der Waals surface area contributed by atoms with Gasteiger partial charge in [0.15, 0.2) is 106 Å². The summed E-state index contributed by atoms with van der Waals surface area (Å²) < 4.78 is 70.1. The van der Waals surface area contributed by atoms with Crippen LogP contribution in [-0.4, -0.2) is 169 Å². The minimum atomic E-state index is -1.17. The highest BCUT2D eigenvalue weighted by molar-refractivity contribution is 5.92. The van der Waals surface area contributed by atoms with Crippen molar-refractivity contribution in [1.29, 1.82) is 0 Å². The van der Waals surface area contributed by atoms with Crippen molar-refractivity contribution >= 4 is 29.8 Å². The van der Waals surface area contributed by atoms with E-state index in [0.29, 0.717) is 122 Å². The number of rotatable bonds is 54. The van der Waals surface area contributed by atoms with E-state index >= 15 is 0 Å². The first kappa shape index (κ1) is 102. The Hall–Kier alpha value is -11.1. The molecule has 6 aliphatic heterocycles. The van der Waals surface area contributed by atoms with E-state index in [-0.39, 0.29) is 54.4 Å². The number of hydrogen-bond donors (Lipinski definition) is 16. The summed E-state index contributed by atoms with van der Waals surface area (Å²) in [4.78, 5) is 59.2. The van der Waals surface area contributed by atoms with Gasteiger partial charge in [0.2, 0.25) is 0 Å². The van der Waals surface area contributed by atoms with Gasteiger partial charge in [-0.05, 0) is 113 Å². The minimum absolute atomic E-state index is 0.0232. The molecule has 0 amide bonds. The van der Waals surface area contributed by atoms with Gasteiger partial charge in [-0.1, -0.05) is 193 Å². The molecule has 0 aromatic heterocycles. The number of carbonyl (C=O) groups is 5. The van der Waals surface area contributed by atoms with Crippen LogP contribution in [0.1, 0.15) is 354 Å². The number of carboxylic acid groups (broad SMARTS) is 3. The molecule has 12 rings (SSSR count). The van der Waals surface area contributed by atoms with E-state index in [4.69, 9.17) is 67.4 Å². The number of phenolic OH excluding ortho intramolecular Hbond substituents is 12. The Balaban J connectivity index is 0.000000264. The molecule has 16 N–H and O–H groups in total. The van der Waals surface area contributed by atoms with Gasteiger partial charge in [0.05, 0.1) is 30.9 Å². The van der Waals surface area contributed by atoms with Gasteiger partial charge in [-0.15, -0.1) is 0 Å². The highest BCUT2D eigenvalue weighted by Crippen LogP contribution is 2.57. The maximum absolute atomic E-state index is 13.8. The number of aliphatic hydroxyl groups excluding tert-OH is 1. The van der Waals surface area contributed by atoms with E-state index in [2.05, 4.69) is 0 Å². The Morgan fingerprint density at radius 2 is 0.489 bits per heavy atom. The fourth-order valence-corrected chi connectivity index (χ4v) is 18.3. The Labute approximate surface area is 775 Å². The standard InChI is InChI=1S/C58H82O17.C43H54O15/c59-43-33-38(34-44(60)52(43)67)54-47(72-58(69)39-35-45(61)53(68)46(62)36-39)37-42-56-40(27-29-51(74-56)71-32-24-20-16-12-8-4-2-6-10-14-18-22-26-49(65)66)55-41(57(42)75-54)28-30-50(73-55)70-31-23-19-15-11-7-3-1-5-9-13-17-21-25-48(63)64;44-29-19-24(20-30(45)37(29)51)39-33(55-43(53)25-21-31(46)38(52)32(47)22-25)23-28-41-26(14-16-35(50)56-41)40-27(42(28)58-39)15-17-36(57-40)54-18-12-10-8-6-4-2-1-3-5-7-9-11-13-34(48)49/h33-36,47,50-51,54,59-62,67-68H,1-32,37H2,(H,63,64)(H,65,66);19-22,33,35-36,39,44-47,50-52H,1-18,23H2,(H,48,49)/t47-,50?,51?,54-;33-,35?,36?,39-/m11/s1. The van der Waals surface area contributed by atoms with Crippen LogP contribution in [-0.2, 0) is 76.6 Å². The van der Waals surface area contributed by atoms with Gasteiger partial charge in [0.1, 0.15) is 46.7 Å². The first-order valence-electron chi connectivity index (χ1n) is 48.2. The number of carbonyl (C=O) groups excluding carboxylic acids is 2. The highest BCUT2D eigenvalue weighted by atomic mass is 16.7. The van der Waals surface area contributed by atoms with Crippen LogP contribution in [0.4, 0.5) is 0 Å². The van der Waals surface area contributed by atoms with E-state index in [9.17, 15) is 90.4 Å². The maximum atomic E-state index is 13.8. The fourth-order valence-electron chi connectivity index (χ4n) is 18.3. The summed E-state index contributed by atoms with van der Waals surface area (Å²) in [6, 6.07) is 8.55. The summed E-state index contributed by atoms with van der Waals surface area (Å²) >= 11 is 0. The molecule has 6 aliphatic rings. The lowest BCUT2D eigenvalue weighted by Crippen LogP contribution is -2.38. The number of carboxylic acids is 3. The van der Waals surface area contributed by atoms with Crippen LogP contribution in [0.3, 0.4) is 0 Å². The van der Waals surface area contributed by atoms with Crippen molar-refractivity contribution in [2.45, 2.75) is 364 Å². The van der Waals surface area contributed by atoms with Crippen molar-refractivity contribution in [2.24, 2.45) is 0 Å². The molecule has 0 saturated heterocycles. The van der Waals surface area contributed by atoms with Gasteiger partial charge < -0.3 is 134 Å². The van der Waals surface area contributed by atoms with Crippen LogP contribution in [0.25, 0.3) is 0 Å². The second kappa shape index (κ2) is 52.0. The van der Waals surface area contributed by atoms with E-state index in [0.717, 1.165) is 182 Å². The maximum Gasteiger partial charge on any atom is 0.338 e. The number of aromatic hydroxyl groups is 12. The number of phenols is 12. The number of unbranched alkanes of at least 4 members (excludes halogenated alkanes) is 33. The van der Waals surface area contributed by atoms with E-state index < -0.39 is 148 Å². The molecule has 133 heavy (non-hydrogen) atoms. The van der Waals surface area contributed by atoms with Crippen molar-refractivity contribution in [2.75, 3.05) is 19.8 Å². The number of fused-ring (bicyclic) bond motifs is 12. The van der Waals surface area contributed by atoms with Gasteiger partial charge >= 0.3 is 29.8 Å². The molecule has 0 bridgehead atoms. The smallest absolute Gasteiger partial charge is 0.338 e. The molecule has 0 aliphatic carbocycles. The van der Waals surface area contributed by atoms with E-state index in [1.807, 2.05) is 0 Å². The first-order valence-corrected chi connectivity index (χ1v) is 48.2. The van der Waals surface area contributed by atoms with Crippen LogP contribution in [0.5, 0.6) is 103 Å². The highest BCUT2D eigenvalue weighted by Gasteiger charge is 2.46. The monoisotopic (exact) mass is 1860 g/mol. The van der Waals surface area contributed by atoms with Crippen LogP contribution in [0, 0.1) is 0 Å². The topological polar surface area (TPSA) is 511 Å². The van der Waals surface area contributed by atoms with Crippen molar-refractivity contribution in [1.82, 2.24) is 0 Å². The third-order valence-corrected chi connectivity index (χ3v) is 25.5. The van der Waals surface area contributed by atoms with Crippen LogP contribution >= 0.6 is 0 Å². The Kier molecular flexibility index (Phi) is 40.0. The second-order valence-corrected chi connectivity index (χ2v) is 35.9. The molecule has 0 fully saturated rings. The lowest BCUT2D eigenvalue weighted by Gasteiger charge is -2.40. The van der Waals surface area contributed by atoms with E-state index in [1.54, 1.807) is 0 Å². The van der Waals surface area contributed by atoms with Crippen molar-refractivity contribution in [3.63, 3.8) is 0 Å². The third kappa shape index (κ3) is 30.0. The van der Waals surface area contributed by atoms with Crippen molar-refractivity contribution < 1.29 is 158 Å². The van der Waals surface area contributed by atoms with Gasteiger partial charge in [-0.2, -0.15) is 0 Å². The molecule has 732 valence electrons. The first-order chi connectivity index (χ1) is 64.2. The van der Waals surface area contributed by atoms with Crippen molar-refractivity contribution in [3.05, 3.63) is 104 Å². The number of esters is 2. The number of hydrogen-bond acceptors (Lipinski definition) is 29. The molecule has 8 atom stereocenters. The summed E-state index contributed by atoms with van der Waals surface area (Å²) in [6.45, 7) is 1.57. The van der Waals surface area contributed by atoms with Crippen LogP contribution in [0.15, 0.2) is 48.5 Å². The molecule has 6 aromatic rings. The molecule has 6 heterocycles. The summed E-state index contributed by atoms with van der Waals surface area (Å²) in [5, 5.41) is 160. The molecule has 32 heteroatoms. The molecular weight excluding hydrogens is 1730 g/mol. The number of aliphatic carboxylic acids is 3. The third-order valence-electron chi connectivity index (χ3n) is 25.5. The predicted molar refractivity (Wildman–Crippen MR) is 485 cm³/mol. The number of ether oxygens (including phenoxy) is 11. The zero-order valence-electron chi connectivity index (χ0n) is 76.2. The largest absolute Gasteiger partial charge is 0.504 e. The van der Waals surface area contributed by atoms with Crippen molar-refractivity contribution in [3.8, 4) is 103 Å². The van der Waals surface area contributed by atoms with Gasteiger partial charge in [0.25, 0.3) is 0 Å². The molecule has 0 saturated carbocycles. The quantitative estimate of drug-likeness (QED) is 0.00958. The summed E-state index contributed by atoms with van der Waals surface area (Å²) in [5.41, 5.74) is 3.92. The lowest BCUT2D eigenvalue weighted by atomic mass is 9.86. The molecule has 0 radical (unpaired) electrons. The Morgan fingerprint density at radius 1 is 0.271 bits per heavy atom. The summed E-state index contributed by atoms with van der Waals surface area (Å²) in [7, 11) is 0. The zero-order valence-corrected chi connectivity index (χ0v) is 76.2. The second-order valence-electron chi connectivity index (χ2n) is 35.9. The predicted octanol–water partition coefficient (Wildman–Crippen LogP) is 19.8. The van der Waals surface area contributed by atoms with Gasteiger partial charge in [0, 0.05) is 102 Å². The molecule has 4 unspecified atom stereocenters. The molecule has 32 nitrogen and oxygen atoms in total. The Bertz CT molecular complexity index is 4720. The van der Waals surface area contributed by atoms with Gasteiger partial charge in [-0.3, -0.25) is 14.4 Å². The fraction of sp³-hybridized carbons (Fsp3) is 0.594. The average molecular weight is 1860 g/mol. The van der Waals surface area contributed by atoms with E-state index in [1.165, 1.54) is 114 Å². The number of benzene rings is 6. The van der Waals surface area contributed by atoms with Gasteiger partial charge in [-0.25, -0.2) is 9.59 Å². The lowest BCUT2D eigenvalue weighted by molar-refractivity contribution is -0.138. The molecule has 6 aromatic carbocycles. The summed E-state index contributed by atoms with van der Waals surface area (Å²) in [5.74, 6) is -9.99. The normalized spacial score (nSPS) is 18.5. The zero-order chi connectivity index (χ0) is 94.9.